The number of para-hydroxylation sites is 1. The highest BCUT2D eigenvalue weighted by molar-refractivity contribution is 6.02. The first-order valence-electron chi connectivity index (χ1n) is 9.49. The number of hydrogen-bond donors (Lipinski definition) is 1. The summed E-state index contributed by atoms with van der Waals surface area (Å²) < 4.78 is 1.98. The molecule has 0 aliphatic carbocycles. The Morgan fingerprint density at radius 2 is 1.71 bits per heavy atom. The Balaban J connectivity index is 1.49. The van der Waals surface area contributed by atoms with Crippen LogP contribution in [0.4, 0.5) is 0 Å². The smallest absolute Gasteiger partial charge is 0.268 e. The van der Waals surface area contributed by atoms with Gasteiger partial charge in [-0.1, -0.05) is 66.7 Å². The van der Waals surface area contributed by atoms with E-state index in [2.05, 4.69) is 47.8 Å². The van der Waals surface area contributed by atoms with Crippen LogP contribution >= 0.6 is 0 Å². The predicted octanol–water partition coefficient (Wildman–Crippen LogP) is 5.78. The van der Waals surface area contributed by atoms with Gasteiger partial charge >= 0.3 is 0 Å². The Kier molecular flexibility index (Phi) is 3.87. The van der Waals surface area contributed by atoms with Crippen LogP contribution in [0.5, 0.6) is 0 Å². The summed E-state index contributed by atoms with van der Waals surface area (Å²) in [5, 5.41) is 6.61. The summed E-state index contributed by atoms with van der Waals surface area (Å²) >= 11 is 0. The molecule has 0 saturated carbocycles. The van der Waals surface area contributed by atoms with E-state index < -0.39 is 0 Å². The number of carbonyl (C=O) groups is 1. The molecule has 1 unspecified atom stereocenters. The van der Waals surface area contributed by atoms with Crippen molar-refractivity contribution >= 4 is 39.9 Å². The molecule has 0 spiro atoms. The minimum atomic E-state index is -0.0877. The summed E-state index contributed by atoms with van der Waals surface area (Å²) in [4.78, 5) is 13.1. The SMILES string of the molecule is CC(NC(=O)c1cc2cccc3c2n1C=CC=C3)c1ccc2ccccc2c1. The summed E-state index contributed by atoms with van der Waals surface area (Å²) in [5.74, 6) is -0.0747. The van der Waals surface area contributed by atoms with E-state index in [0.717, 1.165) is 22.0 Å². The summed E-state index contributed by atoms with van der Waals surface area (Å²) in [6.07, 6.45) is 7.98. The van der Waals surface area contributed by atoms with Crippen molar-refractivity contribution in [3.63, 3.8) is 0 Å². The van der Waals surface area contributed by atoms with Crippen molar-refractivity contribution in [1.82, 2.24) is 9.88 Å². The second-order valence-electron chi connectivity index (χ2n) is 7.19. The molecule has 2 heterocycles. The van der Waals surface area contributed by atoms with Gasteiger partial charge in [0, 0.05) is 11.6 Å². The Hall–Kier alpha value is -3.59. The van der Waals surface area contributed by atoms with E-state index in [1.807, 2.05) is 60.2 Å². The molecule has 3 nitrogen and oxygen atoms in total. The number of allylic oxidation sites excluding steroid dienone is 2. The second-order valence-corrected chi connectivity index (χ2v) is 7.19. The fourth-order valence-corrected chi connectivity index (χ4v) is 3.90. The van der Waals surface area contributed by atoms with Crippen molar-refractivity contribution in [2.45, 2.75) is 13.0 Å². The first kappa shape index (κ1) is 16.6. The van der Waals surface area contributed by atoms with Crippen LogP contribution in [0.15, 0.2) is 78.9 Å². The van der Waals surface area contributed by atoms with Gasteiger partial charge in [0.2, 0.25) is 0 Å². The maximum absolute atomic E-state index is 13.1. The maximum Gasteiger partial charge on any atom is 0.268 e. The van der Waals surface area contributed by atoms with Crippen LogP contribution in [0.2, 0.25) is 0 Å². The van der Waals surface area contributed by atoms with Crippen molar-refractivity contribution < 1.29 is 4.79 Å². The van der Waals surface area contributed by atoms with Crippen LogP contribution in [0.3, 0.4) is 0 Å². The fourth-order valence-electron chi connectivity index (χ4n) is 3.90. The van der Waals surface area contributed by atoms with Crippen molar-refractivity contribution in [3.05, 3.63) is 95.7 Å². The number of rotatable bonds is 3. The van der Waals surface area contributed by atoms with Crippen LogP contribution in [-0.4, -0.2) is 10.5 Å². The quantitative estimate of drug-likeness (QED) is 0.491. The van der Waals surface area contributed by atoms with Gasteiger partial charge in [-0.25, -0.2) is 0 Å². The number of nitrogens with zero attached hydrogens (tertiary/aromatic N) is 1. The predicted molar refractivity (Wildman–Crippen MR) is 116 cm³/mol. The van der Waals surface area contributed by atoms with Gasteiger partial charge in [0.25, 0.3) is 5.91 Å². The molecule has 3 aromatic carbocycles. The molecular weight excluding hydrogens is 344 g/mol. The Morgan fingerprint density at radius 1 is 0.893 bits per heavy atom. The largest absolute Gasteiger partial charge is 0.344 e. The van der Waals surface area contributed by atoms with Crippen molar-refractivity contribution in [2.24, 2.45) is 0 Å². The standard InChI is InChI=1S/C25H20N2O/c1-17(20-13-12-18-7-2-3-9-21(18)15-20)26-25(28)23-16-22-11-6-10-19-8-4-5-14-27(23)24(19)22/h2-17H,1H3,(H,26,28). The number of carbonyl (C=O) groups excluding carboxylic acids is 1. The highest BCUT2D eigenvalue weighted by Gasteiger charge is 2.19. The zero-order chi connectivity index (χ0) is 19.1. The van der Waals surface area contributed by atoms with E-state index in [9.17, 15) is 4.79 Å². The molecule has 1 aromatic heterocycles. The molecule has 4 aromatic rings. The zero-order valence-electron chi connectivity index (χ0n) is 15.6. The number of amides is 1. The average Bonchev–Trinajstić information content (AvgIpc) is 2.96. The Labute approximate surface area is 163 Å². The zero-order valence-corrected chi connectivity index (χ0v) is 15.6. The van der Waals surface area contributed by atoms with E-state index in [4.69, 9.17) is 0 Å². The summed E-state index contributed by atoms with van der Waals surface area (Å²) in [6, 6.07) is 22.6. The average molecular weight is 364 g/mol. The van der Waals surface area contributed by atoms with E-state index >= 15 is 0 Å². The van der Waals surface area contributed by atoms with Crippen LogP contribution < -0.4 is 5.32 Å². The van der Waals surface area contributed by atoms with Gasteiger partial charge in [-0.05, 0) is 47.0 Å². The van der Waals surface area contributed by atoms with Crippen molar-refractivity contribution in [3.8, 4) is 0 Å². The molecule has 1 aliphatic heterocycles. The fraction of sp³-hybridized carbons (Fsp3) is 0.0800. The normalized spacial score (nSPS) is 13.6. The van der Waals surface area contributed by atoms with E-state index in [-0.39, 0.29) is 11.9 Å². The van der Waals surface area contributed by atoms with Gasteiger partial charge in [-0.2, -0.15) is 0 Å². The van der Waals surface area contributed by atoms with Crippen LogP contribution in [0.25, 0.3) is 34.0 Å². The van der Waals surface area contributed by atoms with Crippen molar-refractivity contribution in [2.75, 3.05) is 0 Å². The molecule has 0 saturated heterocycles. The number of fused-ring (bicyclic) bond motifs is 1. The number of aromatic nitrogens is 1. The Bertz CT molecular complexity index is 1280. The van der Waals surface area contributed by atoms with Crippen molar-refractivity contribution in [1.29, 1.82) is 0 Å². The molecule has 0 radical (unpaired) electrons. The first-order chi connectivity index (χ1) is 13.7. The molecule has 3 heteroatoms. The lowest BCUT2D eigenvalue weighted by molar-refractivity contribution is 0.0934. The van der Waals surface area contributed by atoms with Gasteiger partial charge in [0.05, 0.1) is 11.6 Å². The van der Waals surface area contributed by atoms with Crippen LogP contribution in [0, 0.1) is 0 Å². The lowest BCUT2D eigenvalue weighted by atomic mass is 10.0. The lowest BCUT2D eigenvalue weighted by Crippen LogP contribution is -2.28. The highest BCUT2D eigenvalue weighted by atomic mass is 16.2. The number of nitrogens with one attached hydrogen (secondary N) is 1. The molecule has 1 amide bonds. The van der Waals surface area contributed by atoms with Gasteiger partial charge < -0.3 is 9.88 Å². The van der Waals surface area contributed by atoms with Gasteiger partial charge in [0.1, 0.15) is 5.69 Å². The van der Waals surface area contributed by atoms with Gasteiger partial charge in [-0.15, -0.1) is 0 Å². The van der Waals surface area contributed by atoms with E-state index in [1.165, 1.54) is 10.8 Å². The van der Waals surface area contributed by atoms with Crippen LogP contribution in [-0.2, 0) is 0 Å². The lowest BCUT2D eigenvalue weighted by Gasteiger charge is -2.16. The molecule has 136 valence electrons. The summed E-state index contributed by atoms with van der Waals surface area (Å²) in [6.45, 7) is 2.02. The molecule has 28 heavy (non-hydrogen) atoms. The molecule has 0 fully saturated rings. The highest BCUT2D eigenvalue weighted by Crippen LogP contribution is 2.27. The second kappa shape index (κ2) is 6.54. The topological polar surface area (TPSA) is 34.0 Å². The third-order valence-corrected chi connectivity index (χ3v) is 5.37. The molecule has 1 N–H and O–H groups in total. The summed E-state index contributed by atoms with van der Waals surface area (Å²) in [7, 11) is 0. The maximum atomic E-state index is 13.1. The van der Waals surface area contributed by atoms with Crippen LogP contribution in [0.1, 0.15) is 34.6 Å². The first-order valence-corrected chi connectivity index (χ1v) is 9.49. The molecule has 1 atom stereocenters. The number of benzene rings is 3. The minimum absolute atomic E-state index is 0.0747. The summed E-state index contributed by atoms with van der Waals surface area (Å²) in [5.41, 5.74) is 3.92. The molecule has 1 aliphatic rings. The van der Waals surface area contributed by atoms with E-state index in [1.54, 1.807) is 0 Å². The monoisotopic (exact) mass is 364 g/mol. The van der Waals surface area contributed by atoms with Gasteiger partial charge in [0.15, 0.2) is 0 Å². The minimum Gasteiger partial charge on any atom is -0.344 e. The Morgan fingerprint density at radius 3 is 2.61 bits per heavy atom. The number of hydrogen-bond acceptors (Lipinski definition) is 1. The third-order valence-electron chi connectivity index (χ3n) is 5.37. The molecular formula is C25H20N2O. The molecule has 0 bridgehead atoms. The molecule has 5 rings (SSSR count). The van der Waals surface area contributed by atoms with Gasteiger partial charge in [-0.3, -0.25) is 4.79 Å². The third kappa shape index (κ3) is 2.72. The van der Waals surface area contributed by atoms with E-state index in [0.29, 0.717) is 5.69 Å².